The molecule has 1 amide bonds. The van der Waals surface area contributed by atoms with Crippen molar-refractivity contribution in [3.63, 3.8) is 0 Å². The summed E-state index contributed by atoms with van der Waals surface area (Å²) in [6.07, 6.45) is -1.56. The number of likely N-dealkylation sites (tertiary alicyclic amines) is 1. The fourth-order valence-electron chi connectivity index (χ4n) is 3.42. The lowest BCUT2D eigenvalue weighted by atomic mass is 9.85. The molecule has 0 bridgehead atoms. The number of amides is 1. The SMILES string of the molecule is CC1(C(=O)O)CC(O)(c2ccc(-c3ccccc3)cc2)CN1C(=O)O. The van der Waals surface area contributed by atoms with Gasteiger partial charge in [0.15, 0.2) is 0 Å². The molecule has 1 heterocycles. The highest BCUT2D eigenvalue weighted by Crippen LogP contribution is 2.42. The molecule has 3 rings (SSSR count). The van der Waals surface area contributed by atoms with Crippen molar-refractivity contribution in [1.29, 1.82) is 0 Å². The molecule has 3 N–H and O–H groups in total. The number of carboxylic acid groups (broad SMARTS) is 2. The summed E-state index contributed by atoms with van der Waals surface area (Å²) in [7, 11) is 0. The number of benzene rings is 2. The summed E-state index contributed by atoms with van der Waals surface area (Å²) in [5, 5.41) is 29.7. The lowest BCUT2D eigenvalue weighted by Gasteiger charge is -2.27. The van der Waals surface area contributed by atoms with Gasteiger partial charge in [0.25, 0.3) is 0 Å². The van der Waals surface area contributed by atoms with E-state index < -0.39 is 23.2 Å². The lowest BCUT2D eigenvalue weighted by molar-refractivity contribution is -0.147. The van der Waals surface area contributed by atoms with Gasteiger partial charge < -0.3 is 15.3 Å². The van der Waals surface area contributed by atoms with E-state index in [-0.39, 0.29) is 13.0 Å². The molecule has 2 aromatic rings. The topological polar surface area (TPSA) is 98.1 Å². The molecule has 2 aromatic carbocycles. The van der Waals surface area contributed by atoms with Gasteiger partial charge in [-0.15, -0.1) is 0 Å². The third-order valence-electron chi connectivity index (χ3n) is 4.87. The Balaban J connectivity index is 1.93. The molecule has 0 aromatic heterocycles. The van der Waals surface area contributed by atoms with Crippen LogP contribution in [0.1, 0.15) is 18.9 Å². The Hall–Kier alpha value is -2.86. The van der Waals surface area contributed by atoms with E-state index in [1.807, 2.05) is 42.5 Å². The predicted octanol–water partition coefficient (Wildman–Crippen LogP) is 2.77. The van der Waals surface area contributed by atoms with Crippen LogP contribution in [0.5, 0.6) is 0 Å². The van der Waals surface area contributed by atoms with E-state index in [0.717, 1.165) is 16.0 Å². The Labute approximate surface area is 145 Å². The largest absolute Gasteiger partial charge is 0.480 e. The van der Waals surface area contributed by atoms with Crippen molar-refractivity contribution in [3.05, 3.63) is 60.2 Å². The number of aliphatic carboxylic acids is 1. The van der Waals surface area contributed by atoms with Crippen molar-refractivity contribution in [2.75, 3.05) is 6.54 Å². The van der Waals surface area contributed by atoms with Crippen LogP contribution in [0.15, 0.2) is 54.6 Å². The van der Waals surface area contributed by atoms with Crippen molar-refractivity contribution >= 4 is 12.1 Å². The first kappa shape index (κ1) is 17.0. The number of carboxylic acids is 1. The zero-order chi connectivity index (χ0) is 18.2. The van der Waals surface area contributed by atoms with Crippen molar-refractivity contribution in [2.45, 2.75) is 24.5 Å². The van der Waals surface area contributed by atoms with Crippen LogP contribution in [-0.2, 0) is 10.4 Å². The predicted molar refractivity (Wildman–Crippen MR) is 91.2 cm³/mol. The van der Waals surface area contributed by atoms with Crippen molar-refractivity contribution < 1.29 is 24.9 Å². The van der Waals surface area contributed by atoms with Crippen LogP contribution in [0, 0.1) is 0 Å². The molecular formula is C19H19NO5. The molecule has 2 atom stereocenters. The third kappa shape index (κ3) is 2.85. The summed E-state index contributed by atoms with van der Waals surface area (Å²) in [6, 6.07) is 16.8. The first-order valence-electron chi connectivity index (χ1n) is 7.89. The fraction of sp³-hybridized carbons (Fsp3) is 0.263. The normalized spacial score (nSPS) is 25.8. The van der Waals surface area contributed by atoms with Crippen LogP contribution in [0.2, 0.25) is 0 Å². The summed E-state index contributed by atoms with van der Waals surface area (Å²) in [6.45, 7) is 1.04. The van der Waals surface area contributed by atoms with Gasteiger partial charge >= 0.3 is 12.1 Å². The maximum atomic E-state index is 11.6. The summed E-state index contributed by atoms with van der Waals surface area (Å²) in [4.78, 5) is 23.8. The Morgan fingerprint density at radius 1 is 0.960 bits per heavy atom. The third-order valence-corrected chi connectivity index (χ3v) is 4.87. The molecular weight excluding hydrogens is 322 g/mol. The summed E-state index contributed by atoms with van der Waals surface area (Å²) in [5.41, 5.74) is -0.722. The van der Waals surface area contributed by atoms with Crippen molar-refractivity contribution in [3.8, 4) is 11.1 Å². The van der Waals surface area contributed by atoms with Gasteiger partial charge in [-0.25, -0.2) is 9.59 Å². The minimum absolute atomic E-state index is 0.202. The molecule has 25 heavy (non-hydrogen) atoms. The van der Waals surface area contributed by atoms with E-state index in [4.69, 9.17) is 0 Å². The monoisotopic (exact) mass is 341 g/mol. The van der Waals surface area contributed by atoms with Crippen molar-refractivity contribution in [2.24, 2.45) is 0 Å². The zero-order valence-electron chi connectivity index (χ0n) is 13.7. The molecule has 0 radical (unpaired) electrons. The smallest absolute Gasteiger partial charge is 0.408 e. The number of β-amino-alcohol motifs (C(OH)–C–C–N with tert-alkyl or cyclic N) is 1. The van der Waals surface area contributed by atoms with E-state index in [1.54, 1.807) is 12.1 Å². The van der Waals surface area contributed by atoms with Gasteiger partial charge in [-0.1, -0.05) is 54.6 Å². The fourth-order valence-corrected chi connectivity index (χ4v) is 3.42. The summed E-state index contributed by atoms with van der Waals surface area (Å²) >= 11 is 0. The van der Waals surface area contributed by atoms with Gasteiger partial charge in [0.05, 0.1) is 6.54 Å². The number of hydrogen-bond donors (Lipinski definition) is 3. The van der Waals surface area contributed by atoms with Crippen LogP contribution in [-0.4, -0.2) is 44.4 Å². The number of aliphatic hydroxyl groups is 1. The van der Waals surface area contributed by atoms with Gasteiger partial charge in [0.2, 0.25) is 0 Å². The van der Waals surface area contributed by atoms with Gasteiger partial charge in [-0.05, 0) is 23.6 Å². The minimum atomic E-state index is -1.67. The van der Waals surface area contributed by atoms with Gasteiger partial charge in [-0.2, -0.15) is 0 Å². The van der Waals surface area contributed by atoms with Crippen LogP contribution in [0.25, 0.3) is 11.1 Å². The molecule has 2 unspecified atom stereocenters. The van der Waals surface area contributed by atoms with Gasteiger partial charge in [0, 0.05) is 6.42 Å². The minimum Gasteiger partial charge on any atom is -0.480 e. The highest BCUT2D eigenvalue weighted by molar-refractivity contribution is 5.84. The summed E-state index contributed by atoms with van der Waals surface area (Å²) in [5.74, 6) is -1.27. The number of rotatable bonds is 3. The molecule has 0 spiro atoms. The second kappa shape index (κ2) is 5.89. The van der Waals surface area contributed by atoms with E-state index >= 15 is 0 Å². The second-order valence-electron chi connectivity index (χ2n) is 6.60. The maximum absolute atomic E-state index is 11.6. The molecule has 6 heteroatoms. The molecule has 1 aliphatic rings. The van der Waals surface area contributed by atoms with E-state index in [1.165, 1.54) is 6.92 Å². The van der Waals surface area contributed by atoms with E-state index in [9.17, 15) is 24.9 Å². The number of hydrogen-bond acceptors (Lipinski definition) is 3. The number of nitrogens with zero attached hydrogens (tertiary/aromatic N) is 1. The van der Waals surface area contributed by atoms with E-state index in [2.05, 4.69) is 0 Å². The van der Waals surface area contributed by atoms with Crippen LogP contribution in [0.3, 0.4) is 0 Å². The molecule has 1 saturated heterocycles. The highest BCUT2D eigenvalue weighted by atomic mass is 16.4. The Morgan fingerprint density at radius 2 is 1.52 bits per heavy atom. The molecule has 1 fully saturated rings. The second-order valence-corrected chi connectivity index (χ2v) is 6.60. The molecule has 1 aliphatic heterocycles. The van der Waals surface area contributed by atoms with E-state index in [0.29, 0.717) is 5.56 Å². The average Bonchev–Trinajstić information content (AvgIpc) is 2.90. The van der Waals surface area contributed by atoms with Crippen LogP contribution < -0.4 is 0 Å². The maximum Gasteiger partial charge on any atom is 0.408 e. The van der Waals surface area contributed by atoms with Crippen LogP contribution >= 0.6 is 0 Å². The van der Waals surface area contributed by atoms with Gasteiger partial charge in [-0.3, -0.25) is 4.90 Å². The first-order chi connectivity index (χ1) is 11.8. The molecule has 130 valence electrons. The van der Waals surface area contributed by atoms with Crippen LogP contribution in [0.4, 0.5) is 4.79 Å². The Kier molecular flexibility index (Phi) is 4.00. The molecule has 6 nitrogen and oxygen atoms in total. The Morgan fingerprint density at radius 3 is 2.00 bits per heavy atom. The first-order valence-corrected chi connectivity index (χ1v) is 7.89. The molecule has 0 saturated carbocycles. The lowest BCUT2D eigenvalue weighted by Crippen LogP contribution is -2.50. The van der Waals surface area contributed by atoms with Gasteiger partial charge in [0.1, 0.15) is 11.1 Å². The number of carbonyl (C=O) groups is 2. The summed E-state index contributed by atoms with van der Waals surface area (Å²) < 4.78 is 0. The van der Waals surface area contributed by atoms with Crippen molar-refractivity contribution in [1.82, 2.24) is 4.90 Å². The standard InChI is InChI=1S/C19H19NO5/c1-18(16(21)22)11-19(25,12-20(18)17(23)24)15-9-7-14(8-10-15)13-5-3-2-4-6-13/h2-10,25H,11-12H2,1H3,(H,21,22)(H,23,24). The average molecular weight is 341 g/mol. The Bertz CT molecular complexity index is 804. The highest BCUT2D eigenvalue weighted by Gasteiger charge is 2.57. The quantitative estimate of drug-likeness (QED) is 0.797. The zero-order valence-corrected chi connectivity index (χ0v) is 13.7. The molecule has 0 aliphatic carbocycles.